The third-order valence-electron chi connectivity index (χ3n) is 4.15. The first-order valence-electron chi connectivity index (χ1n) is 8.61. The lowest BCUT2D eigenvalue weighted by Crippen LogP contribution is -2.12. The molecule has 0 aliphatic rings. The van der Waals surface area contributed by atoms with Crippen LogP contribution >= 0.6 is 0 Å². The van der Waals surface area contributed by atoms with Crippen molar-refractivity contribution in [3.05, 3.63) is 83.7 Å². The summed E-state index contributed by atoms with van der Waals surface area (Å²) in [5.74, 6) is 0.0168. The number of rotatable bonds is 7. The summed E-state index contributed by atoms with van der Waals surface area (Å²) >= 11 is 0. The molecule has 0 spiro atoms. The van der Waals surface area contributed by atoms with E-state index in [1.165, 1.54) is 16.7 Å². The molecule has 25 heavy (non-hydrogen) atoms. The van der Waals surface area contributed by atoms with Gasteiger partial charge < -0.3 is 5.32 Å². The summed E-state index contributed by atoms with van der Waals surface area (Å²) in [5, 5.41) is 7.23. The summed E-state index contributed by atoms with van der Waals surface area (Å²) < 4.78 is 1.86. The molecule has 0 aliphatic heterocycles. The van der Waals surface area contributed by atoms with Gasteiger partial charge in [0.05, 0.1) is 11.9 Å². The van der Waals surface area contributed by atoms with Crippen molar-refractivity contribution in [3.63, 3.8) is 0 Å². The molecule has 0 saturated carbocycles. The number of carbonyl (C=O) groups excluding carboxylic acids is 1. The van der Waals surface area contributed by atoms with E-state index >= 15 is 0 Å². The van der Waals surface area contributed by atoms with E-state index in [9.17, 15) is 4.79 Å². The zero-order valence-corrected chi connectivity index (χ0v) is 14.5. The third kappa shape index (κ3) is 5.31. The number of benzene rings is 2. The van der Waals surface area contributed by atoms with Gasteiger partial charge in [0.15, 0.2) is 0 Å². The van der Waals surface area contributed by atoms with Gasteiger partial charge in [-0.15, -0.1) is 0 Å². The maximum absolute atomic E-state index is 12.1. The predicted octanol–water partition coefficient (Wildman–Crippen LogP) is 4.01. The lowest BCUT2D eigenvalue weighted by Gasteiger charge is -2.04. The molecule has 1 heterocycles. The minimum absolute atomic E-state index is 0.0168. The van der Waals surface area contributed by atoms with E-state index in [1.807, 2.05) is 29.1 Å². The van der Waals surface area contributed by atoms with Crippen molar-refractivity contribution >= 4 is 11.6 Å². The Bertz CT molecular complexity index is 807. The molecule has 2 aromatic carbocycles. The van der Waals surface area contributed by atoms with Crippen molar-refractivity contribution in [3.8, 4) is 0 Å². The zero-order valence-electron chi connectivity index (χ0n) is 14.5. The molecule has 0 unspecified atom stereocenters. The fourth-order valence-electron chi connectivity index (χ4n) is 2.67. The van der Waals surface area contributed by atoms with Crippen molar-refractivity contribution in [2.24, 2.45) is 0 Å². The van der Waals surface area contributed by atoms with Crippen LogP contribution in [-0.4, -0.2) is 15.7 Å². The van der Waals surface area contributed by atoms with Gasteiger partial charge in [0.1, 0.15) is 0 Å². The van der Waals surface area contributed by atoms with E-state index in [-0.39, 0.29) is 5.91 Å². The average Bonchev–Trinajstić information content (AvgIpc) is 3.08. The molecule has 1 N–H and O–H groups in total. The number of hydrogen-bond acceptors (Lipinski definition) is 2. The maximum Gasteiger partial charge on any atom is 0.224 e. The van der Waals surface area contributed by atoms with Crippen LogP contribution in [0.1, 0.15) is 23.1 Å². The number of amides is 1. The van der Waals surface area contributed by atoms with Crippen molar-refractivity contribution in [2.45, 2.75) is 32.7 Å². The monoisotopic (exact) mass is 333 g/mol. The largest absolute Gasteiger partial charge is 0.323 e. The van der Waals surface area contributed by atoms with E-state index < -0.39 is 0 Å². The van der Waals surface area contributed by atoms with E-state index in [1.54, 1.807) is 6.20 Å². The highest BCUT2D eigenvalue weighted by molar-refractivity contribution is 5.90. The minimum atomic E-state index is 0.0168. The van der Waals surface area contributed by atoms with Crippen LogP contribution in [0.15, 0.2) is 67.0 Å². The molecule has 0 aliphatic carbocycles. The second kappa shape index (κ2) is 8.29. The molecule has 4 nitrogen and oxygen atoms in total. The van der Waals surface area contributed by atoms with E-state index in [4.69, 9.17) is 0 Å². The number of hydrogen-bond donors (Lipinski definition) is 1. The van der Waals surface area contributed by atoms with Crippen molar-refractivity contribution in [1.29, 1.82) is 0 Å². The first-order valence-corrected chi connectivity index (χ1v) is 8.61. The van der Waals surface area contributed by atoms with Crippen molar-refractivity contribution < 1.29 is 4.79 Å². The van der Waals surface area contributed by atoms with Crippen LogP contribution in [-0.2, 0) is 24.2 Å². The summed E-state index contributed by atoms with van der Waals surface area (Å²) in [4.78, 5) is 12.1. The topological polar surface area (TPSA) is 46.9 Å². The van der Waals surface area contributed by atoms with E-state index in [0.717, 1.165) is 25.1 Å². The van der Waals surface area contributed by atoms with E-state index in [0.29, 0.717) is 6.42 Å². The molecule has 128 valence electrons. The van der Waals surface area contributed by atoms with Gasteiger partial charge in [-0.3, -0.25) is 9.48 Å². The molecule has 3 aromatic rings. The number of carbonyl (C=O) groups is 1. The molecule has 0 atom stereocenters. The maximum atomic E-state index is 12.1. The molecule has 4 heteroatoms. The lowest BCUT2D eigenvalue weighted by atomic mass is 10.1. The Morgan fingerprint density at radius 2 is 1.72 bits per heavy atom. The number of anilines is 1. The SMILES string of the molecule is Cc1ccc(CCC(=O)Nc2cnn(CCc3ccccc3)c2)cc1. The predicted molar refractivity (Wildman–Crippen MR) is 101 cm³/mol. The third-order valence-corrected chi connectivity index (χ3v) is 4.15. The minimum Gasteiger partial charge on any atom is -0.323 e. The second-order valence-corrected chi connectivity index (χ2v) is 6.26. The number of aromatic nitrogens is 2. The number of nitrogens with zero attached hydrogens (tertiary/aromatic N) is 2. The summed E-state index contributed by atoms with van der Waals surface area (Å²) in [5.41, 5.74) is 4.44. The van der Waals surface area contributed by atoms with E-state index in [2.05, 4.69) is 53.7 Å². The number of nitrogens with one attached hydrogen (secondary N) is 1. The Hall–Kier alpha value is -2.88. The van der Waals surface area contributed by atoms with Gasteiger partial charge in [-0.25, -0.2) is 0 Å². The molecular weight excluding hydrogens is 310 g/mol. The lowest BCUT2D eigenvalue weighted by molar-refractivity contribution is -0.116. The van der Waals surface area contributed by atoms with Gasteiger partial charge in [0, 0.05) is 19.2 Å². The Labute approximate surface area is 148 Å². The van der Waals surface area contributed by atoms with Crippen LogP contribution in [0.25, 0.3) is 0 Å². The fourth-order valence-corrected chi connectivity index (χ4v) is 2.67. The highest BCUT2D eigenvalue weighted by Crippen LogP contribution is 2.10. The highest BCUT2D eigenvalue weighted by atomic mass is 16.1. The molecule has 0 saturated heterocycles. The molecule has 3 rings (SSSR count). The summed E-state index contributed by atoms with van der Waals surface area (Å²) in [6.45, 7) is 2.86. The molecule has 1 amide bonds. The zero-order chi connectivity index (χ0) is 17.5. The molecular formula is C21H23N3O. The number of aryl methyl sites for hydroxylation is 4. The molecule has 0 radical (unpaired) electrons. The van der Waals surface area contributed by atoms with Crippen LogP contribution in [0.2, 0.25) is 0 Å². The smallest absolute Gasteiger partial charge is 0.224 e. The first kappa shape index (κ1) is 17.0. The van der Waals surface area contributed by atoms with Gasteiger partial charge in [0.2, 0.25) is 5.91 Å². The average molecular weight is 333 g/mol. The van der Waals surface area contributed by atoms with Gasteiger partial charge >= 0.3 is 0 Å². The Kier molecular flexibility index (Phi) is 5.62. The Morgan fingerprint density at radius 3 is 2.48 bits per heavy atom. The Balaban J connectivity index is 1.45. The van der Waals surface area contributed by atoms with Crippen LogP contribution < -0.4 is 5.32 Å². The normalized spacial score (nSPS) is 10.6. The quantitative estimate of drug-likeness (QED) is 0.710. The van der Waals surface area contributed by atoms with Crippen LogP contribution in [0.3, 0.4) is 0 Å². The van der Waals surface area contributed by atoms with Crippen LogP contribution in [0.4, 0.5) is 5.69 Å². The van der Waals surface area contributed by atoms with Gasteiger partial charge in [0.25, 0.3) is 0 Å². The van der Waals surface area contributed by atoms with Crippen molar-refractivity contribution in [2.75, 3.05) is 5.32 Å². The first-order chi connectivity index (χ1) is 12.2. The second-order valence-electron chi connectivity index (χ2n) is 6.26. The summed E-state index contributed by atoms with van der Waals surface area (Å²) in [6, 6.07) is 18.6. The Morgan fingerprint density at radius 1 is 1.00 bits per heavy atom. The molecule has 0 fully saturated rings. The van der Waals surface area contributed by atoms with Gasteiger partial charge in [-0.1, -0.05) is 60.2 Å². The van der Waals surface area contributed by atoms with Crippen molar-refractivity contribution in [1.82, 2.24) is 9.78 Å². The fraction of sp³-hybridized carbons (Fsp3) is 0.238. The van der Waals surface area contributed by atoms with Gasteiger partial charge in [-0.05, 0) is 30.9 Å². The summed E-state index contributed by atoms with van der Waals surface area (Å²) in [7, 11) is 0. The van der Waals surface area contributed by atoms with Crippen LogP contribution in [0.5, 0.6) is 0 Å². The van der Waals surface area contributed by atoms with Crippen LogP contribution in [0, 0.1) is 6.92 Å². The standard InChI is InChI=1S/C21H23N3O/c1-17-7-9-19(10-8-17)11-12-21(25)23-20-15-22-24(16-20)14-13-18-5-3-2-4-6-18/h2-10,15-16H,11-14H2,1H3,(H,23,25). The highest BCUT2D eigenvalue weighted by Gasteiger charge is 2.05. The molecule has 0 bridgehead atoms. The van der Waals surface area contributed by atoms with Gasteiger partial charge in [-0.2, -0.15) is 5.10 Å². The molecule has 1 aromatic heterocycles. The summed E-state index contributed by atoms with van der Waals surface area (Å²) in [6.07, 6.45) is 5.72.